The molecule has 1 aromatic heterocycles. The Morgan fingerprint density at radius 2 is 1.92 bits per heavy atom. The summed E-state index contributed by atoms with van der Waals surface area (Å²) in [6, 6.07) is 5.48. The number of anilines is 1. The van der Waals surface area contributed by atoms with Gasteiger partial charge in [-0.3, -0.25) is 9.59 Å². The highest BCUT2D eigenvalue weighted by Gasteiger charge is 2.15. The van der Waals surface area contributed by atoms with Gasteiger partial charge in [-0.25, -0.2) is 0 Å². The van der Waals surface area contributed by atoms with Crippen LogP contribution in [0.25, 0.3) is 0 Å². The van der Waals surface area contributed by atoms with Crippen molar-refractivity contribution in [3.05, 3.63) is 41.0 Å². The molecule has 2 aromatic rings. The van der Waals surface area contributed by atoms with Gasteiger partial charge >= 0.3 is 11.8 Å². The molecule has 2 rings (SSSR count). The molecule has 7 heteroatoms. The lowest BCUT2D eigenvalue weighted by Crippen LogP contribution is -2.36. The van der Waals surface area contributed by atoms with Gasteiger partial charge in [-0.1, -0.05) is 25.1 Å². The van der Waals surface area contributed by atoms with Crippen molar-refractivity contribution in [3.8, 4) is 0 Å². The highest BCUT2D eigenvalue weighted by molar-refractivity contribution is 6.39. The second-order valence-corrected chi connectivity index (χ2v) is 5.96. The van der Waals surface area contributed by atoms with E-state index in [0.29, 0.717) is 23.8 Å². The molecule has 2 amide bonds. The third-order valence-electron chi connectivity index (χ3n) is 3.60. The van der Waals surface area contributed by atoms with Gasteiger partial charge in [0.2, 0.25) is 5.89 Å². The number of aryl methyl sites for hydroxylation is 2. The fourth-order valence-electron chi connectivity index (χ4n) is 1.97. The molecule has 7 nitrogen and oxygen atoms in total. The number of aromatic nitrogens is 2. The number of nitrogens with zero attached hydrogens (tertiary/aromatic N) is 2. The Hall–Kier alpha value is -2.70. The van der Waals surface area contributed by atoms with E-state index in [2.05, 4.69) is 20.8 Å². The van der Waals surface area contributed by atoms with E-state index in [1.165, 1.54) is 0 Å². The summed E-state index contributed by atoms with van der Waals surface area (Å²) >= 11 is 0. The van der Waals surface area contributed by atoms with Gasteiger partial charge in [-0.2, -0.15) is 4.98 Å². The number of hydrogen-bond donors (Lipinski definition) is 2. The highest BCUT2D eigenvalue weighted by Crippen LogP contribution is 2.14. The van der Waals surface area contributed by atoms with Gasteiger partial charge in [0.25, 0.3) is 0 Å². The van der Waals surface area contributed by atoms with Crippen LogP contribution >= 0.6 is 0 Å². The highest BCUT2D eigenvalue weighted by atomic mass is 16.5. The molecule has 0 unspecified atom stereocenters. The first-order chi connectivity index (χ1) is 11.4. The monoisotopic (exact) mass is 330 g/mol. The van der Waals surface area contributed by atoms with Crippen LogP contribution in [-0.2, 0) is 16.0 Å². The van der Waals surface area contributed by atoms with Crippen LogP contribution in [0.1, 0.15) is 42.6 Å². The summed E-state index contributed by atoms with van der Waals surface area (Å²) in [6.45, 7) is 8.11. The lowest BCUT2D eigenvalue weighted by Gasteiger charge is -2.07. The maximum atomic E-state index is 11.9. The zero-order valence-electron chi connectivity index (χ0n) is 14.3. The molecule has 1 heterocycles. The van der Waals surface area contributed by atoms with E-state index in [0.717, 1.165) is 11.1 Å². The van der Waals surface area contributed by atoms with Crippen LogP contribution in [0.2, 0.25) is 0 Å². The Balaban J connectivity index is 1.80. The fourth-order valence-corrected chi connectivity index (χ4v) is 1.97. The molecule has 0 saturated heterocycles. The smallest absolute Gasteiger partial charge is 0.313 e. The van der Waals surface area contributed by atoms with E-state index in [9.17, 15) is 9.59 Å². The van der Waals surface area contributed by atoms with Gasteiger partial charge in [0.05, 0.1) is 0 Å². The van der Waals surface area contributed by atoms with Crippen molar-refractivity contribution in [1.82, 2.24) is 15.5 Å². The minimum Gasteiger partial charge on any atom is -0.347 e. The second-order valence-electron chi connectivity index (χ2n) is 5.96. The first kappa shape index (κ1) is 17.7. The SMILES string of the molecule is Cc1ccc(NC(=O)C(=O)NCCc2nc(C(C)C)no2)cc1C. The first-order valence-electron chi connectivity index (χ1n) is 7.85. The molecule has 0 aliphatic carbocycles. The summed E-state index contributed by atoms with van der Waals surface area (Å²) in [7, 11) is 0. The lowest BCUT2D eigenvalue weighted by atomic mass is 10.1. The standard InChI is InChI=1S/C17H22N4O3/c1-10(2)15-20-14(24-21-15)7-8-18-16(22)17(23)19-13-6-5-11(3)12(4)9-13/h5-6,9-10H,7-8H2,1-4H3,(H,18,22)(H,19,23). The number of benzene rings is 1. The lowest BCUT2D eigenvalue weighted by molar-refractivity contribution is -0.136. The van der Waals surface area contributed by atoms with Crippen LogP contribution in [0.3, 0.4) is 0 Å². The van der Waals surface area contributed by atoms with Crippen molar-refractivity contribution in [2.24, 2.45) is 0 Å². The number of rotatable bonds is 5. The molecular weight excluding hydrogens is 308 g/mol. The van der Waals surface area contributed by atoms with Crippen LogP contribution in [0, 0.1) is 13.8 Å². The summed E-state index contributed by atoms with van der Waals surface area (Å²) in [5.74, 6) is -0.151. The number of carbonyl (C=O) groups excluding carboxylic acids is 2. The van der Waals surface area contributed by atoms with E-state index < -0.39 is 11.8 Å². The van der Waals surface area contributed by atoms with Crippen molar-refractivity contribution < 1.29 is 14.1 Å². The average molecular weight is 330 g/mol. The van der Waals surface area contributed by atoms with Crippen LogP contribution < -0.4 is 10.6 Å². The maximum absolute atomic E-state index is 11.9. The summed E-state index contributed by atoms with van der Waals surface area (Å²) < 4.78 is 5.08. The topological polar surface area (TPSA) is 97.1 Å². The summed E-state index contributed by atoms with van der Waals surface area (Å²) in [6.07, 6.45) is 0.377. The number of amides is 2. The quantitative estimate of drug-likeness (QED) is 0.818. The van der Waals surface area contributed by atoms with E-state index >= 15 is 0 Å². The van der Waals surface area contributed by atoms with Crippen molar-refractivity contribution in [3.63, 3.8) is 0 Å². The van der Waals surface area contributed by atoms with Gasteiger partial charge in [0, 0.05) is 24.6 Å². The number of hydrogen-bond acceptors (Lipinski definition) is 5. The Kier molecular flexibility index (Phi) is 5.68. The molecule has 128 valence electrons. The Morgan fingerprint density at radius 3 is 2.54 bits per heavy atom. The number of carbonyl (C=O) groups is 2. The molecular formula is C17H22N4O3. The predicted octanol–water partition coefficient (Wildman–Crippen LogP) is 2.11. The van der Waals surface area contributed by atoms with Crippen LogP contribution in [-0.4, -0.2) is 28.5 Å². The molecule has 0 saturated carbocycles. The summed E-state index contributed by atoms with van der Waals surface area (Å²) in [5.41, 5.74) is 2.76. The molecule has 0 radical (unpaired) electrons. The van der Waals surface area contributed by atoms with Crippen LogP contribution in [0.5, 0.6) is 0 Å². The molecule has 0 spiro atoms. The Labute approximate surface area is 140 Å². The van der Waals surface area contributed by atoms with E-state index in [1.807, 2.05) is 39.8 Å². The van der Waals surface area contributed by atoms with Crippen LogP contribution in [0.4, 0.5) is 5.69 Å². The van der Waals surface area contributed by atoms with E-state index in [1.54, 1.807) is 6.07 Å². The zero-order valence-corrected chi connectivity index (χ0v) is 14.3. The maximum Gasteiger partial charge on any atom is 0.313 e. The van der Waals surface area contributed by atoms with Gasteiger partial charge < -0.3 is 15.2 Å². The van der Waals surface area contributed by atoms with Crippen molar-refractivity contribution in [2.75, 3.05) is 11.9 Å². The second kappa shape index (κ2) is 7.72. The molecule has 0 aliphatic heterocycles. The van der Waals surface area contributed by atoms with Crippen LogP contribution in [0.15, 0.2) is 22.7 Å². The largest absolute Gasteiger partial charge is 0.347 e. The predicted molar refractivity (Wildman–Crippen MR) is 89.6 cm³/mol. The molecule has 2 N–H and O–H groups in total. The summed E-state index contributed by atoms with van der Waals surface area (Å²) in [5, 5.41) is 8.95. The fraction of sp³-hybridized carbons (Fsp3) is 0.412. The minimum absolute atomic E-state index is 0.181. The Morgan fingerprint density at radius 1 is 1.17 bits per heavy atom. The molecule has 0 aliphatic rings. The molecule has 24 heavy (non-hydrogen) atoms. The molecule has 0 bridgehead atoms. The zero-order chi connectivity index (χ0) is 17.7. The average Bonchev–Trinajstić information content (AvgIpc) is 3.00. The third kappa shape index (κ3) is 4.65. The van der Waals surface area contributed by atoms with Crippen molar-refractivity contribution in [1.29, 1.82) is 0 Å². The third-order valence-corrected chi connectivity index (χ3v) is 3.60. The van der Waals surface area contributed by atoms with Gasteiger partial charge in [0.1, 0.15) is 0 Å². The van der Waals surface area contributed by atoms with E-state index in [4.69, 9.17) is 4.52 Å². The van der Waals surface area contributed by atoms with Gasteiger partial charge in [-0.15, -0.1) is 0 Å². The summed E-state index contributed by atoms with van der Waals surface area (Å²) in [4.78, 5) is 27.9. The normalized spacial score (nSPS) is 10.7. The first-order valence-corrected chi connectivity index (χ1v) is 7.85. The number of nitrogens with one attached hydrogen (secondary N) is 2. The molecule has 0 fully saturated rings. The van der Waals surface area contributed by atoms with Crippen molar-refractivity contribution >= 4 is 17.5 Å². The van der Waals surface area contributed by atoms with Gasteiger partial charge in [0.15, 0.2) is 5.82 Å². The molecule has 0 atom stereocenters. The Bertz CT molecular complexity index is 737. The van der Waals surface area contributed by atoms with Gasteiger partial charge in [-0.05, 0) is 37.1 Å². The van der Waals surface area contributed by atoms with Crippen molar-refractivity contribution in [2.45, 2.75) is 40.0 Å². The van der Waals surface area contributed by atoms with E-state index in [-0.39, 0.29) is 12.5 Å². The minimum atomic E-state index is -0.702. The molecule has 1 aromatic carbocycles.